The summed E-state index contributed by atoms with van der Waals surface area (Å²) in [6, 6.07) is -0.593. The van der Waals surface area contributed by atoms with Crippen molar-refractivity contribution in [1.29, 1.82) is 0 Å². The number of rotatable bonds is 3. The van der Waals surface area contributed by atoms with Gasteiger partial charge in [-0.1, -0.05) is 0 Å². The molecule has 0 radical (unpaired) electrons. The van der Waals surface area contributed by atoms with Crippen molar-refractivity contribution in [2.24, 2.45) is 0 Å². The molecule has 0 aromatic heterocycles. The number of hydrogen-bond donors (Lipinski definition) is 1. The molecule has 90 valence electrons. The van der Waals surface area contributed by atoms with Gasteiger partial charge in [0.25, 0.3) is 0 Å². The van der Waals surface area contributed by atoms with Crippen molar-refractivity contribution in [3.8, 4) is 0 Å². The van der Waals surface area contributed by atoms with E-state index in [0.29, 0.717) is 5.02 Å². The fourth-order valence-electron chi connectivity index (χ4n) is 0.841. The summed E-state index contributed by atoms with van der Waals surface area (Å²) in [5.74, 6) is -0.438. The standard InChI is InChI=1S/C9H16NO4.HI.Zn/c1-6(7(11)13-5)10-8(12)14-9(2,3)4;;/h6H,1H2,2-5H3,(H,10,12);1H;/q;;+1/p-1. The van der Waals surface area contributed by atoms with Crippen LogP contribution in [0.4, 0.5) is 4.79 Å². The minimum Gasteiger partial charge on any atom is -1.00 e. The predicted molar refractivity (Wildman–Crippen MR) is 50.0 cm³/mol. The number of halogens is 1. The maximum Gasteiger partial charge on any atom is -1.00 e. The second kappa shape index (κ2) is 8.22. The fourth-order valence-corrected chi connectivity index (χ4v) is 1.64. The Labute approximate surface area is 123 Å². The van der Waals surface area contributed by atoms with Gasteiger partial charge in [-0.25, -0.2) is 0 Å². The summed E-state index contributed by atoms with van der Waals surface area (Å²) in [7, 11) is 1.29. The van der Waals surface area contributed by atoms with Crippen LogP contribution in [0, 0.1) is 0 Å². The number of esters is 1. The van der Waals surface area contributed by atoms with E-state index in [9.17, 15) is 9.59 Å². The minimum atomic E-state index is -0.593. The average molecular weight is 395 g/mol. The minimum absolute atomic E-state index is 0. The van der Waals surface area contributed by atoms with E-state index in [0.717, 1.165) is 18.3 Å². The van der Waals surface area contributed by atoms with E-state index in [2.05, 4.69) is 10.1 Å². The summed E-state index contributed by atoms with van der Waals surface area (Å²) >= 11 is 0.898. The zero-order valence-electron chi connectivity index (χ0n) is 10.0. The Kier molecular flexibility index (Phi) is 9.49. The number of ether oxygens (including phenoxy) is 2. The summed E-state index contributed by atoms with van der Waals surface area (Å²) in [6.07, 6.45) is -0.591. The molecule has 0 aromatic carbocycles. The van der Waals surface area contributed by atoms with Crippen LogP contribution in [0.15, 0.2) is 0 Å². The predicted octanol–water partition coefficient (Wildman–Crippen LogP) is -1.98. The number of carbonyl (C=O) groups is 2. The molecular formula is C9H16INO4Zn. The van der Waals surface area contributed by atoms with Crippen LogP contribution in [0.5, 0.6) is 0 Å². The Morgan fingerprint density at radius 1 is 1.38 bits per heavy atom. The van der Waals surface area contributed by atoms with Crippen molar-refractivity contribution in [2.45, 2.75) is 37.4 Å². The number of hydrogen-bond acceptors (Lipinski definition) is 4. The monoisotopic (exact) mass is 393 g/mol. The van der Waals surface area contributed by atoms with Crippen LogP contribution >= 0.6 is 0 Å². The van der Waals surface area contributed by atoms with Crippen molar-refractivity contribution >= 4 is 12.1 Å². The third-order valence-electron chi connectivity index (χ3n) is 1.47. The van der Waals surface area contributed by atoms with Gasteiger partial charge in [0.05, 0.1) is 0 Å². The molecule has 0 bridgehead atoms. The molecule has 5 nitrogen and oxygen atoms in total. The third-order valence-corrected chi connectivity index (χ3v) is 2.68. The first-order valence-corrected chi connectivity index (χ1v) is 6.76. The molecule has 0 heterocycles. The smallest absolute Gasteiger partial charge is 1.00 e. The topological polar surface area (TPSA) is 64.6 Å². The molecular weight excluding hydrogens is 378 g/mol. The van der Waals surface area contributed by atoms with Gasteiger partial charge in [0.1, 0.15) is 0 Å². The van der Waals surface area contributed by atoms with Gasteiger partial charge in [-0.3, -0.25) is 0 Å². The van der Waals surface area contributed by atoms with Crippen LogP contribution in [-0.2, 0) is 32.6 Å². The second-order valence-corrected chi connectivity index (χ2v) is 5.22. The molecule has 1 unspecified atom stereocenters. The van der Waals surface area contributed by atoms with E-state index >= 15 is 0 Å². The normalized spacial score (nSPS) is 12.1. The average Bonchev–Trinajstić information content (AvgIpc) is 2.10. The molecule has 1 amide bonds. The van der Waals surface area contributed by atoms with Gasteiger partial charge >= 0.3 is 99.3 Å². The number of amides is 1. The quantitative estimate of drug-likeness (QED) is 0.342. The SMILES string of the molecule is COC(=O)C([CH2][Zn+])NC(=O)OC(C)(C)C.[I-]. The van der Waals surface area contributed by atoms with Crippen LogP contribution < -0.4 is 29.3 Å². The molecule has 0 aliphatic heterocycles. The molecule has 1 N–H and O–H groups in total. The van der Waals surface area contributed by atoms with E-state index in [1.165, 1.54) is 7.11 Å². The van der Waals surface area contributed by atoms with E-state index in [-0.39, 0.29) is 24.0 Å². The van der Waals surface area contributed by atoms with Crippen molar-refractivity contribution in [1.82, 2.24) is 5.32 Å². The van der Waals surface area contributed by atoms with E-state index < -0.39 is 23.7 Å². The van der Waals surface area contributed by atoms with Crippen molar-refractivity contribution in [3.05, 3.63) is 0 Å². The van der Waals surface area contributed by atoms with Crippen LogP contribution in [0.25, 0.3) is 0 Å². The Morgan fingerprint density at radius 3 is 2.19 bits per heavy atom. The molecule has 1 atom stereocenters. The van der Waals surface area contributed by atoms with Gasteiger partial charge in [-0.2, -0.15) is 0 Å². The Hall–Kier alpha value is 0.0934. The summed E-state index contributed by atoms with van der Waals surface area (Å²) in [5.41, 5.74) is -0.561. The molecule has 16 heavy (non-hydrogen) atoms. The number of carbonyl (C=O) groups excluding carboxylic acids is 2. The molecule has 0 rings (SSSR count). The van der Waals surface area contributed by atoms with Gasteiger partial charge in [-0.05, 0) is 0 Å². The Bertz CT molecular complexity index is 242. The largest absolute Gasteiger partial charge is 1.00 e. The Balaban J connectivity index is 0. The van der Waals surface area contributed by atoms with E-state index in [1.54, 1.807) is 20.8 Å². The molecule has 0 aromatic rings. The molecule has 0 spiro atoms. The van der Waals surface area contributed by atoms with Crippen LogP contribution in [-0.4, -0.2) is 30.8 Å². The third kappa shape index (κ3) is 8.27. The number of nitrogens with one attached hydrogen (secondary N) is 1. The first-order valence-electron chi connectivity index (χ1n) is 4.66. The van der Waals surface area contributed by atoms with Crippen molar-refractivity contribution in [2.75, 3.05) is 7.11 Å². The number of alkyl carbamates (subject to hydrolysis) is 1. The summed E-state index contributed by atoms with van der Waals surface area (Å²) in [5, 5.41) is 3.06. The molecule has 0 fully saturated rings. The van der Waals surface area contributed by atoms with Gasteiger partial charge in [0.2, 0.25) is 0 Å². The van der Waals surface area contributed by atoms with Gasteiger partial charge in [0.15, 0.2) is 0 Å². The summed E-state index contributed by atoms with van der Waals surface area (Å²) in [6.45, 7) is 5.29. The molecule has 0 saturated carbocycles. The van der Waals surface area contributed by atoms with Crippen molar-refractivity contribution < 1.29 is 61.3 Å². The first-order chi connectivity index (χ1) is 6.80. The fraction of sp³-hybridized carbons (Fsp3) is 0.778. The van der Waals surface area contributed by atoms with Crippen LogP contribution in [0.2, 0.25) is 5.02 Å². The zero-order chi connectivity index (χ0) is 12.1. The second-order valence-electron chi connectivity index (χ2n) is 4.01. The van der Waals surface area contributed by atoms with Gasteiger partial charge in [-0.15, -0.1) is 0 Å². The molecule has 0 aliphatic carbocycles. The molecule has 7 heteroatoms. The summed E-state index contributed by atoms with van der Waals surface area (Å²) in [4.78, 5) is 22.5. The zero-order valence-corrected chi connectivity index (χ0v) is 15.1. The number of methoxy groups -OCH3 is 1. The first kappa shape index (κ1) is 18.5. The maximum absolute atomic E-state index is 11.3. The molecule has 0 aliphatic rings. The Morgan fingerprint density at radius 2 is 1.88 bits per heavy atom. The maximum atomic E-state index is 11.3. The van der Waals surface area contributed by atoms with Crippen LogP contribution in [0.3, 0.4) is 0 Å². The van der Waals surface area contributed by atoms with Crippen LogP contribution in [0.1, 0.15) is 20.8 Å². The van der Waals surface area contributed by atoms with E-state index in [4.69, 9.17) is 4.74 Å². The van der Waals surface area contributed by atoms with Gasteiger partial charge < -0.3 is 24.0 Å². The molecule has 0 saturated heterocycles. The summed E-state index contributed by atoms with van der Waals surface area (Å²) < 4.78 is 9.57. The van der Waals surface area contributed by atoms with E-state index in [1.807, 2.05) is 0 Å². The van der Waals surface area contributed by atoms with Crippen molar-refractivity contribution in [3.63, 3.8) is 0 Å². The van der Waals surface area contributed by atoms with Gasteiger partial charge in [0, 0.05) is 0 Å².